The molecule has 3 rings (SSSR count). The molecule has 2 unspecified atom stereocenters. The molecule has 0 aromatic heterocycles. The molecule has 2 saturated heterocycles. The fourth-order valence-corrected chi connectivity index (χ4v) is 6.62. The molecule has 20 heavy (non-hydrogen) atoms. The van der Waals surface area contributed by atoms with Gasteiger partial charge in [0.15, 0.2) is 0 Å². The number of fused-ring (bicyclic) bond motifs is 1. The molecule has 1 aromatic rings. The van der Waals surface area contributed by atoms with E-state index in [0.29, 0.717) is 24.7 Å². The third-order valence-corrected chi connectivity index (χ3v) is 7.92. The van der Waals surface area contributed by atoms with Crippen LogP contribution in [0.4, 0.5) is 0 Å². The zero-order valence-electron chi connectivity index (χ0n) is 13.2. The molecule has 2 heteroatoms. The first kappa shape index (κ1) is 14.6. The molecular formula is C18H27NSe. The van der Waals surface area contributed by atoms with Gasteiger partial charge in [0.2, 0.25) is 0 Å². The predicted molar refractivity (Wildman–Crippen MR) is 87.7 cm³/mol. The van der Waals surface area contributed by atoms with Gasteiger partial charge in [-0.05, 0) is 0 Å². The standard InChI is InChI=1S/C18H27NSe/c1-17(2)11-15-10-14(12-19(15)13-17)18(3,4)20-16-8-6-5-7-9-16/h5-9,14-15H,10-13H2,1-4H3. The fraction of sp³-hybridized carbons (Fsp3) is 0.667. The number of nitrogens with zero attached hydrogens (tertiary/aromatic N) is 1. The molecule has 2 aliphatic rings. The maximum atomic E-state index is 2.77. The van der Waals surface area contributed by atoms with Crippen molar-refractivity contribution in [1.82, 2.24) is 4.90 Å². The van der Waals surface area contributed by atoms with Crippen LogP contribution in [-0.2, 0) is 0 Å². The molecule has 2 heterocycles. The predicted octanol–water partition coefficient (Wildman–Crippen LogP) is 3.34. The Hall–Kier alpha value is -0.301. The van der Waals surface area contributed by atoms with E-state index in [1.807, 2.05) is 0 Å². The molecule has 0 amide bonds. The van der Waals surface area contributed by atoms with Crippen LogP contribution < -0.4 is 4.46 Å². The van der Waals surface area contributed by atoms with Gasteiger partial charge in [-0.25, -0.2) is 0 Å². The zero-order chi connectivity index (χ0) is 14.4. The summed E-state index contributed by atoms with van der Waals surface area (Å²) in [4.78, 5) is 2.77. The number of benzene rings is 1. The van der Waals surface area contributed by atoms with E-state index >= 15 is 0 Å². The molecule has 2 aliphatic heterocycles. The average molecular weight is 336 g/mol. The van der Waals surface area contributed by atoms with Crippen molar-refractivity contribution in [3.8, 4) is 0 Å². The van der Waals surface area contributed by atoms with E-state index in [0.717, 1.165) is 12.0 Å². The van der Waals surface area contributed by atoms with Gasteiger partial charge in [-0.3, -0.25) is 0 Å². The van der Waals surface area contributed by atoms with Crippen molar-refractivity contribution >= 4 is 19.4 Å². The summed E-state index contributed by atoms with van der Waals surface area (Å²) in [5.74, 6) is 0.879. The van der Waals surface area contributed by atoms with Crippen molar-refractivity contribution in [2.45, 2.75) is 50.9 Å². The normalized spacial score (nSPS) is 29.6. The van der Waals surface area contributed by atoms with Gasteiger partial charge in [0.25, 0.3) is 0 Å². The van der Waals surface area contributed by atoms with Crippen LogP contribution in [0.25, 0.3) is 0 Å². The molecule has 1 nitrogen and oxygen atoms in total. The summed E-state index contributed by atoms with van der Waals surface area (Å²) >= 11 is 0.578. The van der Waals surface area contributed by atoms with Gasteiger partial charge in [0.05, 0.1) is 0 Å². The van der Waals surface area contributed by atoms with Crippen molar-refractivity contribution in [2.75, 3.05) is 13.1 Å². The molecule has 0 spiro atoms. The average Bonchev–Trinajstić information content (AvgIpc) is 2.83. The van der Waals surface area contributed by atoms with Crippen LogP contribution in [0.5, 0.6) is 0 Å². The van der Waals surface area contributed by atoms with Crippen LogP contribution in [0.2, 0.25) is 4.31 Å². The Balaban J connectivity index is 1.66. The van der Waals surface area contributed by atoms with E-state index in [9.17, 15) is 0 Å². The summed E-state index contributed by atoms with van der Waals surface area (Å²) in [6.07, 6.45) is 2.82. The number of hydrogen-bond donors (Lipinski definition) is 0. The fourth-order valence-electron chi connectivity index (χ4n) is 4.02. The Bertz CT molecular complexity index is 450. The van der Waals surface area contributed by atoms with Gasteiger partial charge in [-0.1, -0.05) is 0 Å². The Morgan fingerprint density at radius 1 is 1.20 bits per heavy atom. The molecule has 0 saturated carbocycles. The SMILES string of the molecule is CC1(C)CC2CC(C(C)(C)[Se]c3ccccc3)CN2C1. The minimum atomic E-state index is 0.475. The van der Waals surface area contributed by atoms with E-state index in [-0.39, 0.29) is 0 Å². The van der Waals surface area contributed by atoms with Crippen LogP contribution in [-0.4, -0.2) is 39.0 Å². The van der Waals surface area contributed by atoms with Crippen LogP contribution in [0.1, 0.15) is 40.5 Å². The summed E-state index contributed by atoms with van der Waals surface area (Å²) in [6.45, 7) is 12.5. The summed E-state index contributed by atoms with van der Waals surface area (Å²) in [5.41, 5.74) is 0.546. The van der Waals surface area contributed by atoms with Crippen molar-refractivity contribution in [1.29, 1.82) is 0 Å². The van der Waals surface area contributed by atoms with E-state index in [1.165, 1.54) is 25.9 Å². The molecule has 110 valence electrons. The zero-order valence-corrected chi connectivity index (χ0v) is 14.9. The van der Waals surface area contributed by atoms with E-state index in [4.69, 9.17) is 0 Å². The molecule has 0 bridgehead atoms. The molecule has 2 fully saturated rings. The number of rotatable bonds is 3. The molecule has 0 N–H and O–H groups in total. The maximum absolute atomic E-state index is 2.77. The summed E-state index contributed by atoms with van der Waals surface area (Å²) in [7, 11) is 0. The molecule has 0 radical (unpaired) electrons. The van der Waals surface area contributed by atoms with Gasteiger partial charge in [0, 0.05) is 0 Å². The quantitative estimate of drug-likeness (QED) is 0.766. The first-order valence-electron chi connectivity index (χ1n) is 7.84. The van der Waals surface area contributed by atoms with Crippen molar-refractivity contribution in [2.24, 2.45) is 11.3 Å². The van der Waals surface area contributed by atoms with Crippen LogP contribution >= 0.6 is 0 Å². The van der Waals surface area contributed by atoms with Crippen molar-refractivity contribution in [3.05, 3.63) is 30.3 Å². The number of hydrogen-bond acceptors (Lipinski definition) is 1. The molecule has 0 aliphatic carbocycles. The summed E-state index contributed by atoms with van der Waals surface area (Å²) < 4.78 is 2.03. The third-order valence-electron chi connectivity index (χ3n) is 5.05. The second-order valence-electron chi connectivity index (χ2n) is 7.90. The minimum absolute atomic E-state index is 0.475. The third kappa shape index (κ3) is 2.98. The second kappa shape index (κ2) is 5.16. The van der Waals surface area contributed by atoms with Gasteiger partial charge < -0.3 is 0 Å². The van der Waals surface area contributed by atoms with Gasteiger partial charge >= 0.3 is 130 Å². The van der Waals surface area contributed by atoms with E-state index in [2.05, 4.69) is 62.9 Å². The summed E-state index contributed by atoms with van der Waals surface area (Å²) in [5, 5.41) is 0. The van der Waals surface area contributed by atoms with E-state index in [1.54, 1.807) is 4.46 Å². The van der Waals surface area contributed by atoms with Gasteiger partial charge in [-0.2, -0.15) is 0 Å². The van der Waals surface area contributed by atoms with Crippen LogP contribution in [0.3, 0.4) is 0 Å². The van der Waals surface area contributed by atoms with Gasteiger partial charge in [0.1, 0.15) is 0 Å². The summed E-state index contributed by atoms with van der Waals surface area (Å²) in [6, 6.07) is 12.0. The molecule has 2 atom stereocenters. The first-order valence-corrected chi connectivity index (χ1v) is 9.55. The van der Waals surface area contributed by atoms with Crippen LogP contribution in [0, 0.1) is 11.3 Å². The molecular weight excluding hydrogens is 309 g/mol. The van der Waals surface area contributed by atoms with Gasteiger partial charge in [-0.15, -0.1) is 0 Å². The van der Waals surface area contributed by atoms with Crippen molar-refractivity contribution in [3.63, 3.8) is 0 Å². The molecule has 1 aromatic carbocycles. The Labute approximate surface area is 130 Å². The Kier molecular flexibility index (Phi) is 3.77. The second-order valence-corrected chi connectivity index (χ2v) is 11.5. The topological polar surface area (TPSA) is 3.24 Å². The first-order chi connectivity index (χ1) is 9.36. The Morgan fingerprint density at radius 3 is 2.55 bits per heavy atom. The van der Waals surface area contributed by atoms with Crippen LogP contribution in [0.15, 0.2) is 30.3 Å². The van der Waals surface area contributed by atoms with Crippen molar-refractivity contribution < 1.29 is 0 Å². The van der Waals surface area contributed by atoms with E-state index < -0.39 is 0 Å². The monoisotopic (exact) mass is 337 g/mol. The Morgan fingerprint density at radius 2 is 1.90 bits per heavy atom.